The van der Waals surface area contributed by atoms with E-state index in [1.165, 1.54) is 0 Å². The number of halogens is 1. The summed E-state index contributed by atoms with van der Waals surface area (Å²) >= 11 is 0. The molecule has 0 saturated carbocycles. The highest BCUT2D eigenvalue weighted by atomic mass is 35.5. The fourth-order valence-corrected chi connectivity index (χ4v) is 3.97. The van der Waals surface area contributed by atoms with Crippen molar-refractivity contribution in [2.75, 3.05) is 31.1 Å². The fraction of sp³-hybridized carbons (Fsp3) is 0.923. The number of carbonyl (C=O) groups excluding carboxylic acids is 1. The first-order valence-corrected chi connectivity index (χ1v) is 8.72. The number of sulfone groups is 1. The van der Waals surface area contributed by atoms with Crippen molar-refractivity contribution >= 4 is 28.2 Å². The normalized spacial score (nSPS) is 18.4. The molecule has 0 bridgehead atoms. The summed E-state index contributed by atoms with van der Waals surface area (Å²) in [7, 11) is -3.28. The molecule has 2 N–H and O–H groups in total. The molecule has 5 nitrogen and oxygen atoms in total. The number of hydrogen-bond donors (Lipinski definition) is 2. The van der Waals surface area contributed by atoms with Gasteiger partial charge in [-0.2, -0.15) is 0 Å². The summed E-state index contributed by atoms with van der Waals surface area (Å²) in [6.07, 6.45) is 2.01. The van der Waals surface area contributed by atoms with Crippen molar-refractivity contribution in [3.05, 3.63) is 0 Å². The highest BCUT2D eigenvalue weighted by Crippen LogP contribution is 2.26. The first kappa shape index (κ1) is 19.7. The Balaban J connectivity index is 0.00000361. The minimum absolute atomic E-state index is 0. The number of carbonyl (C=O) groups is 1. The van der Waals surface area contributed by atoms with E-state index in [1.807, 2.05) is 13.8 Å². The maximum atomic E-state index is 11.7. The molecule has 0 aliphatic carbocycles. The van der Waals surface area contributed by atoms with Gasteiger partial charge in [-0.05, 0) is 37.3 Å². The second-order valence-corrected chi connectivity index (χ2v) is 8.39. The van der Waals surface area contributed by atoms with E-state index < -0.39 is 9.84 Å². The average Bonchev–Trinajstić information content (AvgIpc) is 2.25. The van der Waals surface area contributed by atoms with Gasteiger partial charge in [-0.25, -0.2) is 8.42 Å². The summed E-state index contributed by atoms with van der Waals surface area (Å²) in [6, 6.07) is 0. The van der Waals surface area contributed by atoms with Gasteiger partial charge in [0.2, 0.25) is 5.91 Å². The maximum Gasteiger partial charge on any atom is 0.235 e. The van der Waals surface area contributed by atoms with E-state index in [0.29, 0.717) is 6.54 Å². The second-order valence-electron chi connectivity index (χ2n) is 6.29. The lowest BCUT2D eigenvalue weighted by Gasteiger charge is -2.34. The summed E-state index contributed by atoms with van der Waals surface area (Å²) in [5.41, 5.74) is 0.0860. The van der Waals surface area contributed by atoms with Crippen molar-refractivity contribution in [1.29, 1.82) is 0 Å². The van der Waals surface area contributed by atoms with Gasteiger partial charge < -0.3 is 10.6 Å². The molecule has 1 amide bonds. The van der Waals surface area contributed by atoms with Crippen LogP contribution in [0.2, 0.25) is 0 Å². The molecule has 0 spiro atoms. The molecule has 1 aliphatic heterocycles. The quantitative estimate of drug-likeness (QED) is 0.763. The highest BCUT2D eigenvalue weighted by molar-refractivity contribution is 7.92. The summed E-state index contributed by atoms with van der Waals surface area (Å²) in [6.45, 7) is 8.29. The Morgan fingerprint density at radius 2 is 1.85 bits per heavy atom. The van der Waals surface area contributed by atoms with Crippen LogP contribution in [0.5, 0.6) is 0 Å². The van der Waals surface area contributed by atoms with E-state index in [1.54, 1.807) is 0 Å². The molecular weight excluding hydrogens is 300 g/mol. The summed E-state index contributed by atoms with van der Waals surface area (Å²) in [5, 5.41) is 6.06. The highest BCUT2D eigenvalue weighted by Gasteiger charge is 2.27. The molecule has 7 heteroatoms. The molecule has 1 rings (SSSR count). The van der Waals surface area contributed by atoms with Gasteiger partial charge in [0.1, 0.15) is 5.75 Å². The van der Waals surface area contributed by atoms with Gasteiger partial charge in [-0.15, -0.1) is 12.4 Å². The third-order valence-corrected chi connectivity index (χ3v) is 5.34. The Morgan fingerprint density at radius 1 is 1.30 bits per heavy atom. The smallest absolute Gasteiger partial charge is 0.235 e. The summed E-state index contributed by atoms with van der Waals surface area (Å²) in [5.74, 6) is -0.638. The number of amides is 1. The molecule has 0 aromatic carbocycles. The van der Waals surface area contributed by atoms with Crippen LogP contribution in [0, 0.1) is 11.3 Å². The van der Waals surface area contributed by atoms with Crippen molar-refractivity contribution in [1.82, 2.24) is 10.6 Å². The van der Waals surface area contributed by atoms with Gasteiger partial charge in [-0.3, -0.25) is 4.79 Å². The SMILES string of the molecule is CC(C)CS(=O)(=O)CC(=O)NCC1(C)CCNCC1.Cl. The molecular formula is C13H27ClN2O3S. The molecule has 1 saturated heterocycles. The van der Waals surface area contributed by atoms with Gasteiger partial charge >= 0.3 is 0 Å². The Hall–Kier alpha value is -0.330. The monoisotopic (exact) mass is 326 g/mol. The molecule has 120 valence electrons. The van der Waals surface area contributed by atoms with Crippen LogP contribution in [0.15, 0.2) is 0 Å². The molecule has 0 atom stereocenters. The number of piperidine rings is 1. The number of rotatable bonds is 6. The van der Waals surface area contributed by atoms with Crippen LogP contribution in [-0.2, 0) is 14.6 Å². The van der Waals surface area contributed by atoms with E-state index >= 15 is 0 Å². The molecule has 0 aromatic heterocycles. The van der Waals surface area contributed by atoms with Gasteiger partial charge in [0.15, 0.2) is 9.84 Å². The largest absolute Gasteiger partial charge is 0.355 e. The van der Waals surface area contributed by atoms with Crippen LogP contribution >= 0.6 is 12.4 Å². The van der Waals surface area contributed by atoms with E-state index in [2.05, 4.69) is 17.6 Å². The third-order valence-electron chi connectivity index (χ3n) is 3.46. The van der Waals surface area contributed by atoms with Crippen LogP contribution in [-0.4, -0.2) is 45.5 Å². The van der Waals surface area contributed by atoms with Crippen molar-refractivity contribution in [2.24, 2.45) is 11.3 Å². The lowest BCUT2D eigenvalue weighted by molar-refractivity contribution is -0.119. The molecule has 20 heavy (non-hydrogen) atoms. The predicted molar refractivity (Wildman–Crippen MR) is 84.0 cm³/mol. The van der Waals surface area contributed by atoms with E-state index in [4.69, 9.17) is 0 Å². The molecule has 0 unspecified atom stereocenters. The van der Waals surface area contributed by atoms with Gasteiger partial charge in [0.25, 0.3) is 0 Å². The number of hydrogen-bond acceptors (Lipinski definition) is 4. The number of nitrogens with one attached hydrogen (secondary N) is 2. The predicted octanol–water partition coefficient (Wildman–Crippen LogP) is 0.985. The van der Waals surface area contributed by atoms with Gasteiger partial charge in [0, 0.05) is 6.54 Å². The topological polar surface area (TPSA) is 75.3 Å². The van der Waals surface area contributed by atoms with Crippen molar-refractivity contribution in [3.8, 4) is 0 Å². The first-order chi connectivity index (χ1) is 8.72. The maximum absolute atomic E-state index is 11.7. The fourth-order valence-electron chi connectivity index (χ4n) is 2.34. The molecule has 1 fully saturated rings. The van der Waals surface area contributed by atoms with Crippen LogP contribution in [0.25, 0.3) is 0 Å². The Labute approximate surface area is 128 Å². The van der Waals surface area contributed by atoms with Crippen LogP contribution in [0.3, 0.4) is 0 Å². The minimum Gasteiger partial charge on any atom is -0.355 e. The van der Waals surface area contributed by atoms with Crippen molar-refractivity contribution in [3.63, 3.8) is 0 Å². The Kier molecular flexibility index (Phi) is 8.06. The molecule has 0 aromatic rings. The van der Waals surface area contributed by atoms with E-state index in [-0.39, 0.29) is 41.2 Å². The summed E-state index contributed by atoms with van der Waals surface area (Å²) < 4.78 is 23.4. The summed E-state index contributed by atoms with van der Waals surface area (Å²) in [4.78, 5) is 11.7. The van der Waals surface area contributed by atoms with E-state index in [0.717, 1.165) is 25.9 Å². The lowest BCUT2D eigenvalue weighted by atomic mass is 9.81. The van der Waals surface area contributed by atoms with Gasteiger partial charge in [0.05, 0.1) is 5.75 Å². The standard InChI is InChI=1S/C13H26N2O3S.ClH/c1-11(2)8-19(17,18)9-12(16)15-10-13(3)4-6-14-7-5-13;/h11,14H,4-10H2,1-3H3,(H,15,16);1H. The van der Waals surface area contributed by atoms with Crippen LogP contribution in [0.4, 0.5) is 0 Å². The van der Waals surface area contributed by atoms with Crippen LogP contribution < -0.4 is 10.6 Å². The zero-order chi connectivity index (χ0) is 14.5. The van der Waals surface area contributed by atoms with Gasteiger partial charge in [-0.1, -0.05) is 20.8 Å². The Morgan fingerprint density at radius 3 is 2.35 bits per heavy atom. The molecule has 1 aliphatic rings. The third kappa shape index (κ3) is 7.45. The minimum atomic E-state index is -3.28. The van der Waals surface area contributed by atoms with E-state index in [9.17, 15) is 13.2 Å². The second kappa shape index (κ2) is 8.20. The zero-order valence-electron chi connectivity index (χ0n) is 12.6. The molecule has 0 radical (unpaired) electrons. The Bertz CT molecular complexity index is 404. The lowest BCUT2D eigenvalue weighted by Crippen LogP contribution is -2.44. The van der Waals surface area contributed by atoms with Crippen molar-refractivity contribution < 1.29 is 13.2 Å². The van der Waals surface area contributed by atoms with Crippen LogP contribution in [0.1, 0.15) is 33.6 Å². The first-order valence-electron chi connectivity index (χ1n) is 6.90. The van der Waals surface area contributed by atoms with Crippen molar-refractivity contribution in [2.45, 2.75) is 33.6 Å². The zero-order valence-corrected chi connectivity index (χ0v) is 14.2. The molecule has 1 heterocycles. The average molecular weight is 327 g/mol.